The van der Waals surface area contributed by atoms with Crippen molar-refractivity contribution in [1.82, 2.24) is 15.3 Å². The number of nitrogens with zero attached hydrogens (tertiary/aromatic N) is 2. The molecule has 1 aromatic heterocycles. The second kappa shape index (κ2) is 8.67. The molecule has 1 heterocycles. The van der Waals surface area contributed by atoms with E-state index in [1.165, 1.54) is 0 Å². The molecule has 1 fully saturated rings. The number of aromatic nitrogens is 2. The molecule has 12 heteroatoms. The van der Waals surface area contributed by atoms with Crippen LogP contribution in [0.4, 0.5) is 30.7 Å². The van der Waals surface area contributed by atoms with Crippen molar-refractivity contribution in [2.45, 2.75) is 50.2 Å². The maximum atomic E-state index is 13.0. The Labute approximate surface area is 171 Å². The molecule has 0 unspecified atom stereocenters. The number of rotatable bonds is 4. The Bertz CT molecular complexity index is 889. The zero-order valence-corrected chi connectivity index (χ0v) is 15.7. The summed E-state index contributed by atoms with van der Waals surface area (Å²) >= 11 is 0. The Balaban J connectivity index is 1.63. The van der Waals surface area contributed by atoms with Crippen molar-refractivity contribution in [3.8, 4) is 6.01 Å². The van der Waals surface area contributed by atoms with Crippen molar-refractivity contribution < 1.29 is 40.3 Å². The van der Waals surface area contributed by atoms with Gasteiger partial charge in [-0.3, -0.25) is 4.79 Å². The highest BCUT2D eigenvalue weighted by Gasteiger charge is 2.37. The number of benzene rings is 1. The average molecular weight is 451 g/mol. The summed E-state index contributed by atoms with van der Waals surface area (Å²) in [6, 6.07) is 0.288. The minimum Gasteiger partial charge on any atom is -0.460 e. The normalized spacial score (nSPS) is 19.7. The third-order valence-electron chi connectivity index (χ3n) is 4.73. The highest BCUT2D eigenvalue weighted by atomic mass is 19.4. The Kier molecular flexibility index (Phi) is 6.37. The SMILES string of the molecule is O=C(NC1CCC(Oc2ncc(F)cn2)CC1)c1cc(C(F)(F)F)cc(C(F)(F)F)c1. The van der Waals surface area contributed by atoms with Gasteiger partial charge in [0.05, 0.1) is 23.5 Å². The smallest absolute Gasteiger partial charge is 0.416 e. The Hall–Kier alpha value is -2.92. The number of hydrogen-bond donors (Lipinski definition) is 1. The first-order valence-electron chi connectivity index (χ1n) is 9.16. The Morgan fingerprint density at radius 1 is 0.903 bits per heavy atom. The molecule has 3 rings (SSSR count). The lowest BCUT2D eigenvalue weighted by atomic mass is 9.92. The van der Waals surface area contributed by atoms with Crippen molar-refractivity contribution in [1.29, 1.82) is 0 Å². The lowest BCUT2D eigenvalue weighted by Crippen LogP contribution is -2.40. The second-order valence-corrected chi connectivity index (χ2v) is 7.04. The quantitative estimate of drug-likeness (QED) is 0.681. The average Bonchev–Trinajstić information content (AvgIpc) is 2.69. The van der Waals surface area contributed by atoms with Crippen molar-refractivity contribution in [2.24, 2.45) is 0 Å². The number of carbonyl (C=O) groups is 1. The molecule has 1 aromatic carbocycles. The molecule has 0 atom stereocenters. The van der Waals surface area contributed by atoms with Gasteiger partial charge in [0.2, 0.25) is 0 Å². The summed E-state index contributed by atoms with van der Waals surface area (Å²) in [5.41, 5.74) is -3.83. The maximum absolute atomic E-state index is 13.0. The van der Waals surface area contributed by atoms with E-state index in [4.69, 9.17) is 4.74 Å². The molecule has 0 radical (unpaired) electrons. The minimum atomic E-state index is -5.03. The zero-order valence-electron chi connectivity index (χ0n) is 15.7. The second-order valence-electron chi connectivity index (χ2n) is 7.04. The van der Waals surface area contributed by atoms with Crippen LogP contribution in [-0.4, -0.2) is 28.0 Å². The minimum absolute atomic E-state index is 0.0162. The van der Waals surface area contributed by atoms with Gasteiger partial charge in [0, 0.05) is 11.6 Å². The molecule has 0 aliphatic heterocycles. The van der Waals surface area contributed by atoms with Gasteiger partial charge in [0.25, 0.3) is 5.91 Å². The third kappa shape index (κ3) is 6.05. The standard InChI is InChI=1S/C19H16F7N3O2/c20-13-8-27-17(28-9-13)31-15-3-1-14(2-4-15)29-16(30)10-5-11(18(21,22)23)7-12(6-10)19(24,25)26/h5-9,14-15H,1-4H2,(H,29,30). The third-order valence-corrected chi connectivity index (χ3v) is 4.73. The van der Waals surface area contributed by atoms with Gasteiger partial charge < -0.3 is 10.1 Å². The molecule has 1 N–H and O–H groups in total. The summed E-state index contributed by atoms with van der Waals surface area (Å²) in [4.78, 5) is 19.7. The number of nitrogens with one attached hydrogen (secondary N) is 1. The molecule has 31 heavy (non-hydrogen) atoms. The summed E-state index contributed by atoms with van der Waals surface area (Å²) in [7, 11) is 0. The van der Waals surface area contributed by atoms with E-state index >= 15 is 0 Å². The summed E-state index contributed by atoms with van der Waals surface area (Å²) < 4.78 is 96.1. The van der Waals surface area contributed by atoms with Crippen molar-refractivity contribution >= 4 is 5.91 Å². The van der Waals surface area contributed by atoms with E-state index in [0.29, 0.717) is 37.8 Å². The van der Waals surface area contributed by atoms with Crippen LogP contribution in [0.1, 0.15) is 47.2 Å². The van der Waals surface area contributed by atoms with E-state index in [9.17, 15) is 35.5 Å². The lowest BCUT2D eigenvalue weighted by molar-refractivity contribution is -0.143. The molecule has 1 aliphatic carbocycles. The number of amides is 1. The highest BCUT2D eigenvalue weighted by molar-refractivity contribution is 5.94. The van der Waals surface area contributed by atoms with E-state index in [2.05, 4.69) is 15.3 Å². The van der Waals surface area contributed by atoms with Gasteiger partial charge in [0.15, 0.2) is 5.82 Å². The van der Waals surface area contributed by atoms with Crippen LogP contribution >= 0.6 is 0 Å². The summed E-state index contributed by atoms with van der Waals surface area (Å²) in [6.45, 7) is 0. The van der Waals surface area contributed by atoms with Crippen molar-refractivity contribution in [2.75, 3.05) is 0 Å². The van der Waals surface area contributed by atoms with Crippen LogP contribution in [-0.2, 0) is 12.4 Å². The molecule has 2 aromatic rings. The molecule has 0 spiro atoms. The summed E-state index contributed by atoms with van der Waals surface area (Å²) in [6.07, 6.45) is -6.88. The van der Waals surface area contributed by atoms with Gasteiger partial charge in [-0.25, -0.2) is 14.4 Å². The van der Waals surface area contributed by atoms with Gasteiger partial charge in [-0.15, -0.1) is 0 Å². The molecule has 0 bridgehead atoms. The van der Waals surface area contributed by atoms with Crippen LogP contribution in [0, 0.1) is 5.82 Å². The van der Waals surface area contributed by atoms with Crippen LogP contribution < -0.4 is 10.1 Å². The van der Waals surface area contributed by atoms with E-state index in [-0.39, 0.29) is 18.2 Å². The number of alkyl halides is 6. The van der Waals surface area contributed by atoms with E-state index in [1.807, 2.05) is 0 Å². The molecule has 168 valence electrons. The van der Waals surface area contributed by atoms with Crippen LogP contribution in [0.5, 0.6) is 6.01 Å². The predicted octanol–water partition coefficient (Wildman–Crippen LogP) is 4.77. The van der Waals surface area contributed by atoms with Gasteiger partial charge >= 0.3 is 18.4 Å². The van der Waals surface area contributed by atoms with Gasteiger partial charge in [0.1, 0.15) is 6.10 Å². The van der Waals surface area contributed by atoms with E-state index < -0.39 is 46.8 Å². The molecular formula is C19H16F7N3O2. The molecule has 1 aliphatic rings. The number of halogens is 7. The molecule has 1 amide bonds. The van der Waals surface area contributed by atoms with Gasteiger partial charge in [-0.2, -0.15) is 26.3 Å². The Morgan fingerprint density at radius 2 is 1.42 bits per heavy atom. The highest BCUT2D eigenvalue weighted by Crippen LogP contribution is 2.36. The number of hydrogen-bond acceptors (Lipinski definition) is 4. The lowest BCUT2D eigenvalue weighted by Gasteiger charge is -2.29. The molecule has 1 saturated carbocycles. The van der Waals surface area contributed by atoms with Crippen LogP contribution in [0.25, 0.3) is 0 Å². The number of ether oxygens (including phenoxy) is 1. The first kappa shape index (κ1) is 22.8. The zero-order chi connectivity index (χ0) is 22.8. The number of carbonyl (C=O) groups excluding carboxylic acids is 1. The fourth-order valence-electron chi connectivity index (χ4n) is 3.19. The fourth-order valence-corrected chi connectivity index (χ4v) is 3.19. The van der Waals surface area contributed by atoms with Crippen LogP contribution in [0.15, 0.2) is 30.6 Å². The molecule has 0 saturated heterocycles. The van der Waals surface area contributed by atoms with Crippen molar-refractivity contribution in [3.05, 3.63) is 53.1 Å². The summed E-state index contributed by atoms with van der Waals surface area (Å²) in [5.74, 6) is -1.65. The van der Waals surface area contributed by atoms with Crippen LogP contribution in [0.2, 0.25) is 0 Å². The molecule has 5 nitrogen and oxygen atoms in total. The first-order valence-corrected chi connectivity index (χ1v) is 9.16. The van der Waals surface area contributed by atoms with Gasteiger partial charge in [-0.05, 0) is 43.9 Å². The Morgan fingerprint density at radius 3 is 1.90 bits per heavy atom. The van der Waals surface area contributed by atoms with Crippen molar-refractivity contribution in [3.63, 3.8) is 0 Å². The topological polar surface area (TPSA) is 64.1 Å². The fraction of sp³-hybridized carbons (Fsp3) is 0.421. The summed E-state index contributed by atoms with van der Waals surface area (Å²) in [5, 5.41) is 2.47. The monoisotopic (exact) mass is 451 g/mol. The largest absolute Gasteiger partial charge is 0.460 e. The van der Waals surface area contributed by atoms with Gasteiger partial charge in [-0.1, -0.05) is 0 Å². The van der Waals surface area contributed by atoms with E-state index in [1.54, 1.807) is 0 Å². The van der Waals surface area contributed by atoms with E-state index in [0.717, 1.165) is 12.4 Å². The maximum Gasteiger partial charge on any atom is 0.416 e. The predicted molar refractivity (Wildman–Crippen MR) is 92.6 cm³/mol. The molecular weight excluding hydrogens is 435 g/mol. The van der Waals surface area contributed by atoms with Crippen LogP contribution in [0.3, 0.4) is 0 Å². The first-order chi connectivity index (χ1) is 14.4.